The lowest BCUT2D eigenvalue weighted by Crippen LogP contribution is -2.20. The maximum absolute atomic E-state index is 9.00. The number of rotatable bonds is 8. The molecular weight excluding hydrogens is 218 g/mol. The summed E-state index contributed by atoms with van der Waals surface area (Å²) in [6.07, 6.45) is 4.48. The number of nitrogens with two attached hydrogens (primary N) is 1. The van der Waals surface area contributed by atoms with Crippen LogP contribution in [0, 0.1) is 5.92 Å². The van der Waals surface area contributed by atoms with Crippen molar-refractivity contribution in [3.05, 3.63) is 18.2 Å². The van der Waals surface area contributed by atoms with Gasteiger partial charge in [0.25, 0.3) is 0 Å². The Balaban J connectivity index is 2.29. The second kappa shape index (κ2) is 7.42. The maximum atomic E-state index is 9.00. The van der Waals surface area contributed by atoms with E-state index in [1.165, 1.54) is 0 Å². The molecule has 0 aromatic carbocycles. The van der Waals surface area contributed by atoms with Gasteiger partial charge in [0.15, 0.2) is 0 Å². The molecule has 1 unspecified atom stereocenters. The minimum absolute atomic E-state index is 0.0695. The normalized spacial score (nSPS) is 13.2. The molecule has 1 atom stereocenters. The Hall–Kier alpha value is -0.910. The number of ether oxygens (including phenoxy) is 1. The summed E-state index contributed by atoms with van der Waals surface area (Å²) in [7, 11) is 0. The fraction of sp³-hybridized carbons (Fsp3) is 0.750. The van der Waals surface area contributed by atoms with E-state index in [0.29, 0.717) is 12.5 Å². The van der Waals surface area contributed by atoms with Crippen LogP contribution < -0.4 is 5.73 Å². The molecule has 98 valence electrons. The van der Waals surface area contributed by atoms with Gasteiger partial charge in [-0.2, -0.15) is 0 Å². The smallest absolute Gasteiger partial charge is 0.0949 e. The van der Waals surface area contributed by atoms with E-state index in [0.717, 1.165) is 25.3 Å². The number of nitrogens with zero attached hydrogens (tertiary/aromatic N) is 2. The Kier molecular flexibility index (Phi) is 6.18. The molecule has 17 heavy (non-hydrogen) atoms. The third-order valence-electron chi connectivity index (χ3n) is 2.64. The van der Waals surface area contributed by atoms with Crippen molar-refractivity contribution in [3.63, 3.8) is 0 Å². The van der Waals surface area contributed by atoms with Crippen LogP contribution in [-0.4, -0.2) is 34.5 Å². The summed E-state index contributed by atoms with van der Waals surface area (Å²) < 4.78 is 7.46. The monoisotopic (exact) mass is 241 g/mol. The Morgan fingerprint density at radius 1 is 1.47 bits per heavy atom. The molecule has 0 bridgehead atoms. The van der Waals surface area contributed by atoms with Crippen molar-refractivity contribution in [1.82, 2.24) is 9.55 Å². The Morgan fingerprint density at radius 2 is 2.24 bits per heavy atom. The van der Waals surface area contributed by atoms with Gasteiger partial charge in [-0.15, -0.1) is 0 Å². The van der Waals surface area contributed by atoms with E-state index >= 15 is 0 Å². The first kappa shape index (κ1) is 14.2. The van der Waals surface area contributed by atoms with Gasteiger partial charge in [-0.25, -0.2) is 4.98 Å². The van der Waals surface area contributed by atoms with Crippen molar-refractivity contribution < 1.29 is 9.84 Å². The zero-order valence-corrected chi connectivity index (χ0v) is 10.7. The van der Waals surface area contributed by atoms with Crippen LogP contribution in [0.5, 0.6) is 0 Å². The second-order valence-electron chi connectivity index (χ2n) is 4.60. The number of imidazole rings is 1. The minimum Gasteiger partial charge on any atom is -0.394 e. The quantitative estimate of drug-likeness (QED) is 0.664. The average Bonchev–Trinajstić information content (AvgIpc) is 2.75. The van der Waals surface area contributed by atoms with Crippen LogP contribution in [0.4, 0.5) is 0 Å². The molecule has 0 aliphatic heterocycles. The first-order valence-corrected chi connectivity index (χ1v) is 6.09. The fourth-order valence-corrected chi connectivity index (χ4v) is 1.50. The van der Waals surface area contributed by atoms with Gasteiger partial charge in [0.1, 0.15) is 0 Å². The van der Waals surface area contributed by atoms with E-state index < -0.39 is 0 Å². The third-order valence-corrected chi connectivity index (χ3v) is 2.64. The predicted molar refractivity (Wildman–Crippen MR) is 66.5 cm³/mol. The molecule has 1 rings (SSSR count). The lowest BCUT2D eigenvalue weighted by molar-refractivity contribution is 0.115. The van der Waals surface area contributed by atoms with Crippen LogP contribution in [0.2, 0.25) is 0 Å². The number of aliphatic hydroxyl groups is 1. The summed E-state index contributed by atoms with van der Waals surface area (Å²) in [5.41, 5.74) is 6.61. The van der Waals surface area contributed by atoms with Gasteiger partial charge in [-0.05, 0) is 12.3 Å². The van der Waals surface area contributed by atoms with Crippen LogP contribution in [0.25, 0.3) is 0 Å². The highest BCUT2D eigenvalue weighted by Crippen LogP contribution is 2.08. The van der Waals surface area contributed by atoms with E-state index in [4.69, 9.17) is 15.6 Å². The van der Waals surface area contributed by atoms with Crippen molar-refractivity contribution in [1.29, 1.82) is 0 Å². The number of aliphatic hydroxyl groups excluding tert-OH is 1. The lowest BCUT2D eigenvalue weighted by Gasteiger charge is -2.12. The molecule has 5 heteroatoms. The van der Waals surface area contributed by atoms with E-state index in [1.807, 2.05) is 4.57 Å². The molecule has 1 aromatic rings. The van der Waals surface area contributed by atoms with Crippen LogP contribution in [-0.2, 0) is 11.3 Å². The molecule has 0 radical (unpaired) electrons. The Labute approximate surface area is 103 Å². The third kappa shape index (κ3) is 4.85. The maximum Gasteiger partial charge on any atom is 0.0949 e. The molecule has 3 N–H and O–H groups in total. The Bertz CT molecular complexity index is 312. The summed E-state index contributed by atoms with van der Waals surface area (Å²) in [6, 6.07) is -0.367. The fourth-order valence-electron chi connectivity index (χ4n) is 1.50. The average molecular weight is 241 g/mol. The molecule has 0 aliphatic rings. The zero-order valence-electron chi connectivity index (χ0n) is 10.7. The van der Waals surface area contributed by atoms with Gasteiger partial charge in [-0.1, -0.05) is 13.8 Å². The van der Waals surface area contributed by atoms with Crippen LogP contribution in [0.3, 0.4) is 0 Å². The first-order valence-electron chi connectivity index (χ1n) is 6.09. The SMILES string of the molecule is CC(C)CCOCCn1cncc1C(N)CO. The van der Waals surface area contributed by atoms with E-state index in [9.17, 15) is 0 Å². The van der Waals surface area contributed by atoms with E-state index in [2.05, 4.69) is 18.8 Å². The summed E-state index contributed by atoms with van der Waals surface area (Å²) in [4.78, 5) is 4.03. The number of hydrogen-bond acceptors (Lipinski definition) is 4. The number of hydrogen-bond donors (Lipinski definition) is 2. The van der Waals surface area contributed by atoms with E-state index in [-0.39, 0.29) is 12.6 Å². The molecule has 5 nitrogen and oxygen atoms in total. The molecule has 0 saturated heterocycles. The highest BCUT2D eigenvalue weighted by atomic mass is 16.5. The number of aromatic nitrogens is 2. The highest BCUT2D eigenvalue weighted by molar-refractivity contribution is 5.04. The first-order chi connectivity index (χ1) is 8.15. The van der Waals surface area contributed by atoms with Crippen molar-refractivity contribution >= 4 is 0 Å². The van der Waals surface area contributed by atoms with Crippen molar-refractivity contribution in [2.75, 3.05) is 19.8 Å². The van der Waals surface area contributed by atoms with Crippen LogP contribution in [0.1, 0.15) is 32.0 Å². The molecule has 0 amide bonds. The van der Waals surface area contributed by atoms with E-state index in [1.54, 1.807) is 12.5 Å². The van der Waals surface area contributed by atoms with Gasteiger partial charge < -0.3 is 20.1 Å². The summed E-state index contributed by atoms with van der Waals surface area (Å²) in [6.45, 7) is 6.44. The molecule has 0 fully saturated rings. The molecule has 0 saturated carbocycles. The standard InChI is InChI=1S/C12H23N3O2/c1-10(2)3-5-17-6-4-15-9-14-7-12(15)11(13)8-16/h7,9-11,16H,3-6,8,13H2,1-2H3. The zero-order chi connectivity index (χ0) is 12.7. The summed E-state index contributed by atoms with van der Waals surface area (Å²) in [5, 5.41) is 9.00. The van der Waals surface area contributed by atoms with Gasteiger partial charge in [-0.3, -0.25) is 0 Å². The molecular formula is C12H23N3O2. The van der Waals surface area contributed by atoms with Gasteiger partial charge in [0.2, 0.25) is 0 Å². The van der Waals surface area contributed by atoms with Crippen molar-refractivity contribution in [2.24, 2.45) is 11.7 Å². The van der Waals surface area contributed by atoms with Crippen LogP contribution in [0.15, 0.2) is 12.5 Å². The highest BCUT2D eigenvalue weighted by Gasteiger charge is 2.09. The molecule has 0 spiro atoms. The Morgan fingerprint density at radius 3 is 2.88 bits per heavy atom. The molecule has 1 aromatic heterocycles. The van der Waals surface area contributed by atoms with Crippen molar-refractivity contribution in [3.8, 4) is 0 Å². The predicted octanol–water partition coefficient (Wildman–Crippen LogP) is 0.938. The van der Waals surface area contributed by atoms with Gasteiger partial charge >= 0.3 is 0 Å². The van der Waals surface area contributed by atoms with Gasteiger partial charge in [0, 0.05) is 19.3 Å². The van der Waals surface area contributed by atoms with Gasteiger partial charge in [0.05, 0.1) is 31.3 Å². The molecule has 1 heterocycles. The topological polar surface area (TPSA) is 73.3 Å². The summed E-state index contributed by atoms with van der Waals surface area (Å²) >= 11 is 0. The lowest BCUT2D eigenvalue weighted by atomic mass is 10.1. The largest absolute Gasteiger partial charge is 0.394 e. The minimum atomic E-state index is -0.367. The summed E-state index contributed by atoms with van der Waals surface area (Å²) in [5.74, 6) is 0.668. The molecule has 0 aliphatic carbocycles. The second-order valence-corrected chi connectivity index (χ2v) is 4.60. The van der Waals surface area contributed by atoms with Crippen LogP contribution >= 0.6 is 0 Å². The van der Waals surface area contributed by atoms with Crippen molar-refractivity contribution in [2.45, 2.75) is 32.9 Å².